The fourth-order valence-electron chi connectivity index (χ4n) is 1.65. The SMILES string of the molecule is CCCCn1ccnc1Nc1ccc(Cl)cc1Br. The number of benzene rings is 1. The van der Waals surface area contributed by atoms with Gasteiger partial charge in [0.2, 0.25) is 5.95 Å². The molecule has 0 spiro atoms. The van der Waals surface area contributed by atoms with Gasteiger partial charge in [-0.15, -0.1) is 0 Å². The Hall–Kier alpha value is -1.000. The molecule has 0 atom stereocenters. The summed E-state index contributed by atoms with van der Waals surface area (Å²) in [6.07, 6.45) is 6.11. The first kappa shape index (κ1) is 13.4. The smallest absolute Gasteiger partial charge is 0.207 e. The lowest BCUT2D eigenvalue weighted by atomic mass is 10.3. The van der Waals surface area contributed by atoms with Crippen LogP contribution >= 0.6 is 27.5 Å². The van der Waals surface area contributed by atoms with E-state index in [0.717, 1.165) is 29.1 Å². The van der Waals surface area contributed by atoms with E-state index < -0.39 is 0 Å². The normalized spacial score (nSPS) is 10.6. The number of aromatic nitrogens is 2. The molecule has 5 heteroatoms. The van der Waals surface area contributed by atoms with Crippen LogP contribution < -0.4 is 5.32 Å². The fourth-order valence-corrected chi connectivity index (χ4v) is 2.44. The third-order valence-electron chi connectivity index (χ3n) is 2.65. The predicted molar refractivity (Wildman–Crippen MR) is 79.6 cm³/mol. The minimum atomic E-state index is 0.710. The Morgan fingerprint density at radius 1 is 1.44 bits per heavy atom. The molecule has 1 aromatic heterocycles. The number of nitrogens with one attached hydrogen (secondary N) is 1. The summed E-state index contributed by atoms with van der Waals surface area (Å²) in [6.45, 7) is 3.16. The van der Waals surface area contributed by atoms with Gasteiger partial charge in [-0.2, -0.15) is 0 Å². The van der Waals surface area contributed by atoms with Crippen molar-refractivity contribution in [2.45, 2.75) is 26.3 Å². The summed E-state index contributed by atoms with van der Waals surface area (Å²) >= 11 is 9.41. The Balaban J connectivity index is 2.15. The Morgan fingerprint density at radius 2 is 2.28 bits per heavy atom. The Labute approximate surface area is 120 Å². The topological polar surface area (TPSA) is 29.9 Å². The first-order valence-electron chi connectivity index (χ1n) is 5.94. The van der Waals surface area contributed by atoms with Crippen molar-refractivity contribution in [1.82, 2.24) is 9.55 Å². The summed E-state index contributed by atoms with van der Waals surface area (Å²) < 4.78 is 3.05. The average Bonchev–Trinajstić information content (AvgIpc) is 2.77. The lowest BCUT2D eigenvalue weighted by Crippen LogP contribution is -2.03. The fraction of sp³-hybridized carbons (Fsp3) is 0.308. The summed E-state index contributed by atoms with van der Waals surface area (Å²) in [6, 6.07) is 5.66. The predicted octanol–water partition coefficient (Wildman–Crippen LogP) is 4.84. The monoisotopic (exact) mass is 327 g/mol. The zero-order valence-electron chi connectivity index (χ0n) is 10.2. The molecule has 18 heavy (non-hydrogen) atoms. The van der Waals surface area contributed by atoms with Crippen molar-refractivity contribution >= 4 is 39.2 Å². The van der Waals surface area contributed by atoms with Crippen molar-refractivity contribution in [3.63, 3.8) is 0 Å². The van der Waals surface area contributed by atoms with E-state index in [1.165, 1.54) is 6.42 Å². The number of aryl methyl sites for hydroxylation is 1. The lowest BCUT2D eigenvalue weighted by molar-refractivity contribution is 0.638. The summed E-state index contributed by atoms with van der Waals surface area (Å²) in [5.41, 5.74) is 0.961. The van der Waals surface area contributed by atoms with Gasteiger partial charge in [0.15, 0.2) is 0 Å². The van der Waals surface area contributed by atoms with E-state index in [0.29, 0.717) is 5.02 Å². The summed E-state index contributed by atoms with van der Waals surface area (Å²) in [5.74, 6) is 0.853. The van der Waals surface area contributed by atoms with Crippen LogP contribution in [0.2, 0.25) is 5.02 Å². The molecule has 0 saturated heterocycles. The second kappa shape index (κ2) is 6.25. The maximum Gasteiger partial charge on any atom is 0.207 e. The van der Waals surface area contributed by atoms with Crippen LogP contribution in [0.4, 0.5) is 11.6 Å². The Morgan fingerprint density at radius 3 is 3.00 bits per heavy atom. The molecular weight excluding hydrogens is 314 g/mol. The Bertz CT molecular complexity index is 525. The highest BCUT2D eigenvalue weighted by Crippen LogP contribution is 2.28. The van der Waals surface area contributed by atoms with Gasteiger partial charge in [0.1, 0.15) is 0 Å². The third kappa shape index (κ3) is 3.27. The van der Waals surface area contributed by atoms with Crippen molar-refractivity contribution in [2.75, 3.05) is 5.32 Å². The van der Waals surface area contributed by atoms with Crippen molar-refractivity contribution in [1.29, 1.82) is 0 Å². The van der Waals surface area contributed by atoms with Gasteiger partial charge in [-0.1, -0.05) is 24.9 Å². The number of imidazole rings is 1. The van der Waals surface area contributed by atoms with E-state index in [1.54, 1.807) is 0 Å². The van der Waals surface area contributed by atoms with Crippen LogP contribution in [0.3, 0.4) is 0 Å². The lowest BCUT2D eigenvalue weighted by Gasteiger charge is -2.10. The highest BCUT2D eigenvalue weighted by Gasteiger charge is 2.05. The van der Waals surface area contributed by atoms with Crippen LogP contribution in [0, 0.1) is 0 Å². The Kier molecular flexibility index (Phi) is 4.66. The molecule has 0 aliphatic heterocycles. The molecular formula is C13H15BrClN3. The quantitative estimate of drug-likeness (QED) is 0.851. The second-order valence-electron chi connectivity index (χ2n) is 4.05. The van der Waals surface area contributed by atoms with Crippen molar-refractivity contribution in [2.24, 2.45) is 0 Å². The number of anilines is 2. The zero-order chi connectivity index (χ0) is 13.0. The third-order valence-corrected chi connectivity index (χ3v) is 3.54. The number of rotatable bonds is 5. The van der Waals surface area contributed by atoms with Gasteiger partial charge in [0.25, 0.3) is 0 Å². The van der Waals surface area contributed by atoms with E-state index in [2.05, 4.69) is 37.7 Å². The molecule has 0 saturated carbocycles. The number of hydrogen-bond acceptors (Lipinski definition) is 2. The van der Waals surface area contributed by atoms with Gasteiger partial charge in [0.05, 0.1) is 5.69 Å². The maximum absolute atomic E-state index is 5.92. The second-order valence-corrected chi connectivity index (χ2v) is 5.34. The highest BCUT2D eigenvalue weighted by atomic mass is 79.9. The first-order valence-corrected chi connectivity index (χ1v) is 7.11. The van der Waals surface area contributed by atoms with Crippen LogP contribution in [-0.2, 0) is 6.54 Å². The molecule has 0 fully saturated rings. The molecule has 0 amide bonds. The van der Waals surface area contributed by atoms with Crippen LogP contribution in [0.1, 0.15) is 19.8 Å². The highest BCUT2D eigenvalue weighted by molar-refractivity contribution is 9.10. The summed E-state index contributed by atoms with van der Waals surface area (Å²) in [5, 5.41) is 4.01. The van der Waals surface area contributed by atoms with Crippen molar-refractivity contribution in [3.8, 4) is 0 Å². The van der Waals surface area contributed by atoms with Crippen LogP contribution in [-0.4, -0.2) is 9.55 Å². The minimum absolute atomic E-state index is 0.710. The van der Waals surface area contributed by atoms with E-state index in [9.17, 15) is 0 Å². The molecule has 2 rings (SSSR count). The molecule has 0 aliphatic carbocycles. The van der Waals surface area contributed by atoms with Gasteiger partial charge >= 0.3 is 0 Å². The minimum Gasteiger partial charge on any atom is -0.325 e. The van der Waals surface area contributed by atoms with Crippen molar-refractivity contribution < 1.29 is 0 Å². The molecule has 96 valence electrons. The van der Waals surface area contributed by atoms with Crippen LogP contribution in [0.15, 0.2) is 35.1 Å². The van der Waals surface area contributed by atoms with Gasteiger partial charge in [0, 0.05) is 28.4 Å². The number of nitrogens with zero attached hydrogens (tertiary/aromatic N) is 2. The molecule has 3 nitrogen and oxygen atoms in total. The standard InChI is InChI=1S/C13H15BrClN3/c1-2-3-7-18-8-6-16-13(18)17-12-5-4-10(15)9-11(12)14/h4-6,8-9H,2-3,7H2,1H3,(H,16,17). The number of hydrogen-bond donors (Lipinski definition) is 1. The van der Waals surface area contributed by atoms with E-state index in [1.807, 2.05) is 30.6 Å². The maximum atomic E-state index is 5.92. The van der Waals surface area contributed by atoms with Crippen molar-refractivity contribution in [3.05, 3.63) is 40.1 Å². The van der Waals surface area contributed by atoms with Gasteiger partial charge in [-0.25, -0.2) is 4.98 Å². The van der Waals surface area contributed by atoms with E-state index >= 15 is 0 Å². The van der Waals surface area contributed by atoms with Gasteiger partial charge < -0.3 is 9.88 Å². The number of halogens is 2. The van der Waals surface area contributed by atoms with Gasteiger partial charge in [-0.3, -0.25) is 0 Å². The molecule has 0 radical (unpaired) electrons. The van der Waals surface area contributed by atoms with E-state index in [4.69, 9.17) is 11.6 Å². The summed E-state index contributed by atoms with van der Waals surface area (Å²) in [7, 11) is 0. The van der Waals surface area contributed by atoms with Crippen LogP contribution in [0.5, 0.6) is 0 Å². The van der Waals surface area contributed by atoms with E-state index in [-0.39, 0.29) is 0 Å². The summed E-state index contributed by atoms with van der Waals surface area (Å²) in [4.78, 5) is 4.33. The molecule has 0 unspecified atom stereocenters. The molecule has 0 aliphatic rings. The molecule has 1 aromatic carbocycles. The zero-order valence-corrected chi connectivity index (χ0v) is 12.5. The van der Waals surface area contributed by atoms with Crippen LogP contribution in [0.25, 0.3) is 0 Å². The molecule has 2 aromatic rings. The largest absolute Gasteiger partial charge is 0.325 e. The first-order chi connectivity index (χ1) is 8.70. The number of unbranched alkanes of at least 4 members (excludes halogenated alkanes) is 1. The van der Waals surface area contributed by atoms with Gasteiger partial charge in [-0.05, 0) is 40.5 Å². The molecule has 0 bridgehead atoms. The molecule has 1 heterocycles. The average molecular weight is 329 g/mol. The molecule has 1 N–H and O–H groups in total.